The molecule has 0 fully saturated rings. The van der Waals surface area contributed by atoms with Gasteiger partial charge in [0.15, 0.2) is 23.1 Å². The first kappa shape index (κ1) is 18.1. The second-order valence-corrected chi connectivity index (χ2v) is 6.97. The van der Waals surface area contributed by atoms with E-state index in [-0.39, 0.29) is 0 Å². The minimum atomic E-state index is -0.426. The van der Waals surface area contributed by atoms with Crippen molar-refractivity contribution in [2.45, 2.75) is 6.54 Å². The Balaban J connectivity index is 1.96. The van der Waals surface area contributed by atoms with Crippen LogP contribution in [0.2, 0.25) is 0 Å². The van der Waals surface area contributed by atoms with E-state index in [1.807, 2.05) is 34.2 Å². The quantitative estimate of drug-likeness (QED) is 0.537. The molecule has 0 bridgehead atoms. The smallest absolute Gasteiger partial charge is 0.348 e. The van der Waals surface area contributed by atoms with Crippen LogP contribution in [0.4, 0.5) is 0 Å². The Morgan fingerprint density at radius 1 is 1.14 bits per heavy atom. The van der Waals surface area contributed by atoms with Crippen LogP contribution in [0, 0.1) is 0 Å². The van der Waals surface area contributed by atoms with E-state index in [1.54, 1.807) is 38.9 Å². The predicted octanol–water partition coefficient (Wildman–Crippen LogP) is 2.87. The lowest BCUT2D eigenvalue weighted by atomic mass is 10.1. The second kappa shape index (κ2) is 7.35. The van der Waals surface area contributed by atoms with E-state index in [0.717, 1.165) is 16.1 Å². The summed E-state index contributed by atoms with van der Waals surface area (Å²) in [7, 11) is 4.70. The normalized spacial score (nSPS) is 11.0. The molecule has 144 valence electrons. The number of hydrogen-bond acceptors (Lipinski definition) is 7. The highest BCUT2D eigenvalue weighted by Gasteiger charge is 2.21. The number of H-pyrrole nitrogens is 1. The highest BCUT2D eigenvalue weighted by Crippen LogP contribution is 2.41. The number of methoxy groups -OCH3 is 3. The van der Waals surface area contributed by atoms with E-state index in [2.05, 4.69) is 15.0 Å². The fourth-order valence-corrected chi connectivity index (χ4v) is 3.79. The van der Waals surface area contributed by atoms with E-state index in [1.165, 1.54) is 0 Å². The Morgan fingerprint density at radius 2 is 1.89 bits per heavy atom. The summed E-state index contributed by atoms with van der Waals surface area (Å²) >= 11 is 1.63. The third-order valence-electron chi connectivity index (χ3n) is 4.36. The standard InChI is InChI=1S/C19H18N4O4S/c1-25-14-7-11(8-15(26-2)16(14)27-3)13-9-20-17-18(22-19(24)21-17)23(13)10-12-5-4-6-28-12/h4-9H,10H2,1-3H3,(H,20,21,24). The van der Waals surface area contributed by atoms with Crippen molar-refractivity contribution < 1.29 is 14.2 Å². The van der Waals surface area contributed by atoms with Crippen molar-refractivity contribution in [2.24, 2.45) is 0 Å². The molecule has 1 aromatic carbocycles. The van der Waals surface area contributed by atoms with Crippen molar-refractivity contribution >= 4 is 11.3 Å². The van der Waals surface area contributed by atoms with Gasteiger partial charge in [-0.25, -0.2) is 9.78 Å². The van der Waals surface area contributed by atoms with Crippen LogP contribution in [0.25, 0.3) is 22.9 Å². The molecule has 0 atom stereocenters. The number of ether oxygens (including phenoxy) is 3. The maximum Gasteiger partial charge on any atom is 0.348 e. The zero-order chi connectivity index (χ0) is 19.7. The van der Waals surface area contributed by atoms with Gasteiger partial charge in [-0.2, -0.15) is 4.98 Å². The molecule has 0 spiro atoms. The molecule has 3 heterocycles. The molecule has 1 aromatic heterocycles. The van der Waals surface area contributed by atoms with Crippen molar-refractivity contribution in [2.75, 3.05) is 21.3 Å². The number of rotatable bonds is 6. The lowest BCUT2D eigenvalue weighted by Crippen LogP contribution is -2.10. The zero-order valence-electron chi connectivity index (χ0n) is 15.6. The lowest BCUT2D eigenvalue weighted by molar-refractivity contribution is 0.324. The molecule has 9 heteroatoms. The van der Waals surface area contributed by atoms with Gasteiger partial charge >= 0.3 is 5.69 Å². The van der Waals surface area contributed by atoms with Gasteiger partial charge in [0.05, 0.1) is 39.8 Å². The molecule has 28 heavy (non-hydrogen) atoms. The number of nitrogens with zero attached hydrogens (tertiary/aromatic N) is 3. The van der Waals surface area contributed by atoms with Crippen molar-refractivity contribution in [3.05, 3.63) is 51.2 Å². The average molecular weight is 398 g/mol. The number of hydrogen-bond donors (Lipinski definition) is 1. The van der Waals surface area contributed by atoms with Gasteiger partial charge in [0, 0.05) is 10.4 Å². The first-order valence-corrected chi connectivity index (χ1v) is 9.31. The molecule has 0 unspecified atom stereocenters. The molecule has 4 rings (SSSR count). The van der Waals surface area contributed by atoms with Gasteiger partial charge in [0.25, 0.3) is 0 Å². The number of fused-ring (bicyclic) bond motifs is 1. The van der Waals surface area contributed by atoms with E-state index in [9.17, 15) is 4.79 Å². The molecular weight excluding hydrogens is 380 g/mol. The number of nitrogens with one attached hydrogen (secondary N) is 1. The molecule has 0 amide bonds. The second-order valence-electron chi connectivity index (χ2n) is 5.94. The maximum absolute atomic E-state index is 11.8. The minimum Gasteiger partial charge on any atom is -0.493 e. The van der Waals surface area contributed by atoms with Crippen molar-refractivity contribution in [1.29, 1.82) is 0 Å². The average Bonchev–Trinajstić information content (AvgIpc) is 3.35. The van der Waals surface area contributed by atoms with Crippen molar-refractivity contribution in [3.63, 3.8) is 0 Å². The highest BCUT2D eigenvalue weighted by molar-refractivity contribution is 7.09. The fourth-order valence-electron chi connectivity index (χ4n) is 3.10. The molecular formula is C19H18N4O4S. The lowest BCUT2D eigenvalue weighted by Gasteiger charge is -2.18. The van der Waals surface area contributed by atoms with Crippen molar-refractivity contribution in [1.82, 2.24) is 19.5 Å². The molecule has 0 radical (unpaired) electrons. The number of thiophene rings is 1. The molecule has 0 aliphatic carbocycles. The number of imidazole rings is 1. The topological polar surface area (TPSA) is 91.3 Å². The van der Waals surface area contributed by atoms with Crippen LogP contribution in [0.3, 0.4) is 0 Å². The Labute approximate surface area is 164 Å². The molecule has 2 aliphatic rings. The van der Waals surface area contributed by atoms with Gasteiger partial charge in [-0.15, -0.1) is 11.3 Å². The number of aromatic amines is 1. The predicted molar refractivity (Wildman–Crippen MR) is 106 cm³/mol. The first-order chi connectivity index (χ1) is 13.6. The molecule has 2 aromatic rings. The SMILES string of the molecule is COc1cc(-c2cnc3[nH]c(=O)nc-3n2Cc2cccs2)cc(OC)c1OC. The molecule has 1 N–H and O–H groups in total. The summed E-state index contributed by atoms with van der Waals surface area (Å²) in [5.74, 6) is 2.51. The van der Waals surface area contributed by atoms with Crippen LogP contribution in [0.1, 0.15) is 4.88 Å². The van der Waals surface area contributed by atoms with Crippen LogP contribution in [-0.4, -0.2) is 40.8 Å². The van der Waals surface area contributed by atoms with Crippen LogP contribution in [0.5, 0.6) is 17.2 Å². The van der Waals surface area contributed by atoms with Gasteiger partial charge in [-0.1, -0.05) is 6.07 Å². The molecule has 0 saturated heterocycles. The highest BCUT2D eigenvalue weighted by atomic mass is 32.1. The molecule has 0 saturated carbocycles. The maximum atomic E-state index is 11.8. The van der Waals surface area contributed by atoms with Gasteiger partial charge < -0.3 is 18.8 Å². The van der Waals surface area contributed by atoms with Gasteiger partial charge in [-0.3, -0.25) is 4.98 Å². The summed E-state index contributed by atoms with van der Waals surface area (Å²) in [5, 5.41) is 2.01. The third kappa shape index (κ3) is 3.09. The van der Waals surface area contributed by atoms with Gasteiger partial charge in [0.2, 0.25) is 5.75 Å². The van der Waals surface area contributed by atoms with Gasteiger partial charge in [-0.05, 0) is 23.6 Å². The largest absolute Gasteiger partial charge is 0.493 e. The van der Waals surface area contributed by atoms with Crippen LogP contribution >= 0.6 is 11.3 Å². The fraction of sp³-hybridized carbons (Fsp3) is 0.211. The minimum absolute atomic E-state index is 0.426. The first-order valence-electron chi connectivity index (χ1n) is 8.43. The Kier molecular flexibility index (Phi) is 4.74. The third-order valence-corrected chi connectivity index (χ3v) is 5.22. The van der Waals surface area contributed by atoms with E-state index in [4.69, 9.17) is 14.2 Å². The summed E-state index contributed by atoms with van der Waals surface area (Å²) in [6.07, 6.45) is 1.70. The van der Waals surface area contributed by atoms with Crippen molar-refractivity contribution in [3.8, 4) is 40.2 Å². The summed E-state index contributed by atoms with van der Waals surface area (Å²) in [6, 6.07) is 7.72. The zero-order valence-corrected chi connectivity index (χ0v) is 16.4. The molecule has 2 aliphatic heterocycles. The number of aromatic nitrogens is 4. The van der Waals surface area contributed by atoms with Crippen LogP contribution in [-0.2, 0) is 6.54 Å². The van der Waals surface area contributed by atoms with Gasteiger partial charge in [0.1, 0.15) is 0 Å². The Bertz CT molecular complexity index is 1110. The summed E-state index contributed by atoms with van der Waals surface area (Å²) in [6.45, 7) is 0.549. The summed E-state index contributed by atoms with van der Waals surface area (Å²) in [5.41, 5.74) is 1.15. The monoisotopic (exact) mass is 398 g/mol. The van der Waals surface area contributed by atoms with E-state index < -0.39 is 5.69 Å². The van der Waals surface area contributed by atoms with E-state index in [0.29, 0.717) is 35.4 Å². The summed E-state index contributed by atoms with van der Waals surface area (Å²) in [4.78, 5) is 24.1. The Morgan fingerprint density at radius 3 is 2.50 bits per heavy atom. The van der Waals surface area contributed by atoms with Crippen LogP contribution < -0.4 is 19.9 Å². The molecule has 8 nitrogen and oxygen atoms in total. The summed E-state index contributed by atoms with van der Waals surface area (Å²) < 4.78 is 18.3. The Hall–Kier alpha value is -3.33. The van der Waals surface area contributed by atoms with E-state index >= 15 is 0 Å². The van der Waals surface area contributed by atoms with Crippen LogP contribution in [0.15, 0.2) is 40.6 Å². The number of benzene rings is 1.